The number of halogens is 1. The summed E-state index contributed by atoms with van der Waals surface area (Å²) in [5.74, 6) is -1.00. The zero-order valence-electron chi connectivity index (χ0n) is 7.39. The largest absolute Gasteiger partial charge is 0.478 e. The van der Waals surface area contributed by atoms with Crippen molar-refractivity contribution < 1.29 is 9.90 Å². The van der Waals surface area contributed by atoms with Crippen LogP contribution in [-0.2, 0) is 0 Å². The molecule has 0 unspecified atom stereocenters. The molecule has 70 valence electrons. The number of aryl methyl sites for hydroxylation is 2. The molecule has 1 aromatic carbocycles. The predicted molar refractivity (Wildman–Crippen MR) is 55.0 cm³/mol. The van der Waals surface area contributed by atoms with Crippen LogP contribution >= 0.6 is 15.9 Å². The normalized spacial score (nSPS) is 10.1. The molecule has 3 N–H and O–H groups in total. The fourth-order valence-electron chi connectivity index (χ4n) is 1.19. The Morgan fingerprint density at radius 1 is 1.46 bits per heavy atom. The molecule has 0 saturated carbocycles. The van der Waals surface area contributed by atoms with Crippen LogP contribution in [0.2, 0.25) is 0 Å². The van der Waals surface area contributed by atoms with Crippen molar-refractivity contribution in [2.75, 3.05) is 5.73 Å². The molecule has 3 nitrogen and oxygen atoms in total. The molecule has 0 saturated heterocycles. The minimum absolute atomic E-state index is 0.150. The number of benzene rings is 1. The van der Waals surface area contributed by atoms with Crippen LogP contribution in [-0.4, -0.2) is 11.1 Å². The average molecular weight is 244 g/mol. The molecule has 0 radical (unpaired) electrons. The maximum absolute atomic E-state index is 10.8. The topological polar surface area (TPSA) is 63.3 Å². The molecule has 0 atom stereocenters. The molecule has 0 fully saturated rings. The molecular weight excluding hydrogens is 234 g/mol. The third-order valence-electron chi connectivity index (χ3n) is 1.91. The number of nitrogen functional groups attached to an aromatic ring is 1. The van der Waals surface area contributed by atoms with Gasteiger partial charge in [0.1, 0.15) is 0 Å². The highest BCUT2D eigenvalue weighted by atomic mass is 79.9. The quantitative estimate of drug-likeness (QED) is 0.745. The second kappa shape index (κ2) is 3.38. The Hall–Kier alpha value is -1.03. The van der Waals surface area contributed by atoms with Crippen LogP contribution in [0.15, 0.2) is 10.5 Å². The zero-order chi connectivity index (χ0) is 10.2. The van der Waals surface area contributed by atoms with Crippen molar-refractivity contribution in [1.29, 1.82) is 0 Å². The molecule has 13 heavy (non-hydrogen) atoms. The number of rotatable bonds is 1. The summed E-state index contributed by atoms with van der Waals surface area (Å²) in [6.45, 7) is 3.63. The van der Waals surface area contributed by atoms with E-state index in [1.807, 2.05) is 13.0 Å². The summed E-state index contributed by atoms with van der Waals surface area (Å²) >= 11 is 3.20. The molecule has 1 aromatic rings. The fourth-order valence-corrected chi connectivity index (χ4v) is 1.69. The SMILES string of the molecule is Cc1cc(C)c(Br)c(C(=O)O)c1N. The highest BCUT2D eigenvalue weighted by Gasteiger charge is 2.16. The molecule has 0 aliphatic rings. The van der Waals surface area contributed by atoms with Crippen LogP contribution < -0.4 is 5.73 Å². The Morgan fingerprint density at radius 3 is 2.46 bits per heavy atom. The summed E-state index contributed by atoms with van der Waals surface area (Å²) < 4.78 is 0.558. The highest BCUT2D eigenvalue weighted by Crippen LogP contribution is 2.29. The van der Waals surface area contributed by atoms with Gasteiger partial charge in [-0.2, -0.15) is 0 Å². The van der Waals surface area contributed by atoms with Gasteiger partial charge in [-0.1, -0.05) is 6.07 Å². The standard InChI is InChI=1S/C9H10BrNO2/c1-4-3-5(2)8(11)6(7(4)10)9(12)13/h3H,11H2,1-2H3,(H,12,13). The summed E-state index contributed by atoms with van der Waals surface area (Å²) in [5, 5.41) is 8.89. The lowest BCUT2D eigenvalue weighted by atomic mass is 10.0. The van der Waals surface area contributed by atoms with Crippen molar-refractivity contribution >= 4 is 27.6 Å². The second-order valence-electron chi connectivity index (χ2n) is 2.92. The number of anilines is 1. The fraction of sp³-hybridized carbons (Fsp3) is 0.222. The number of carbonyl (C=O) groups is 1. The summed E-state index contributed by atoms with van der Waals surface area (Å²) in [6, 6.07) is 1.85. The minimum Gasteiger partial charge on any atom is -0.478 e. The maximum Gasteiger partial charge on any atom is 0.338 e. The number of carboxylic acid groups (broad SMARTS) is 1. The van der Waals surface area contributed by atoms with E-state index in [9.17, 15) is 4.79 Å². The third kappa shape index (κ3) is 1.67. The first-order valence-electron chi connectivity index (χ1n) is 3.73. The van der Waals surface area contributed by atoms with Crippen molar-refractivity contribution in [1.82, 2.24) is 0 Å². The summed E-state index contributed by atoms with van der Waals surface area (Å²) in [5.41, 5.74) is 7.79. The molecule has 0 aromatic heterocycles. The monoisotopic (exact) mass is 243 g/mol. The first kappa shape index (κ1) is 10.1. The van der Waals surface area contributed by atoms with Crippen molar-refractivity contribution in [3.63, 3.8) is 0 Å². The van der Waals surface area contributed by atoms with Gasteiger partial charge in [0.2, 0.25) is 0 Å². The van der Waals surface area contributed by atoms with Crippen LogP contribution in [0.3, 0.4) is 0 Å². The van der Waals surface area contributed by atoms with Gasteiger partial charge in [0.05, 0.1) is 11.3 Å². The number of hydrogen-bond acceptors (Lipinski definition) is 2. The Bertz CT molecular complexity index is 348. The van der Waals surface area contributed by atoms with E-state index in [1.54, 1.807) is 6.92 Å². The molecule has 0 aliphatic carbocycles. The van der Waals surface area contributed by atoms with E-state index >= 15 is 0 Å². The minimum atomic E-state index is -1.00. The van der Waals surface area contributed by atoms with Gasteiger partial charge < -0.3 is 10.8 Å². The Morgan fingerprint density at radius 2 is 2.00 bits per heavy atom. The summed E-state index contributed by atoms with van der Waals surface area (Å²) in [6.07, 6.45) is 0. The van der Waals surface area contributed by atoms with E-state index in [1.165, 1.54) is 0 Å². The van der Waals surface area contributed by atoms with Gasteiger partial charge in [-0.15, -0.1) is 0 Å². The van der Waals surface area contributed by atoms with Crippen LogP contribution in [0.1, 0.15) is 21.5 Å². The summed E-state index contributed by atoms with van der Waals surface area (Å²) in [4.78, 5) is 10.8. The molecule has 0 amide bonds. The first-order chi connectivity index (χ1) is 5.95. The maximum atomic E-state index is 10.8. The molecule has 4 heteroatoms. The van der Waals surface area contributed by atoms with Gasteiger partial charge in [0, 0.05) is 4.47 Å². The summed E-state index contributed by atoms with van der Waals surface area (Å²) in [7, 11) is 0. The van der Waals surface area contributed by atoms with Gasteiger partial charge in [-0.05, 0) is 40.9 Å². The van der Waals surface area contributed by atoms with Gasteiger partial charge >= 0.3 is 5.97 Å². The molecule has 1 rings (SSSR count). The smallest absolute Gasteiger partial charge is 0.338 e. The Balaban J connectivity index is 3.56. The van der Waals surface area contributed by atoms with Crippen LogP contribution in [0, 0.1) is 13.8 Å². The second-order valence-corrected chi connectivity index (χ2v) is 3.71. The van der Waals surface area contributed by atoms with E-state index in [4.69, 9.17) is 10.8 Å². The van der Waals surface area contributed by atoms with E-state index in [2.05, 4.69) is 15.9 Å². The highest BCUT2D eigenvalue weighted by molar-refractivity contribution is 9.10. The van der Waals surface area contributed by atoms with Crippen LogP contribution in [0.4, 0.5) is 5.69 Å². The zero-order valence-corrected chi connectivity index (χ0v) is 8.97. The van der Waals surface area contributed by atoms with E-state index in [-0.39, 0.29) is 5.56 Å². The lowest BCUT2D eigenvalue weighted by Gasteiger charge is -2.09. The number of hydrogen-bond donors (Lipinski definition) is 2. The van der Waals surface area contributed by atoms with Crippen LogP contribution in [0.25, 0.3) is 0 Å². The lowest BCUT2D eigenvalue weighted by molar-refractivity contribution is 0.0697. The first-order valence-corrected chi connectivity index (χ1v) is 4.53. The van der Waals surface area contributed by atoms with Crippen molar-refractivity contribution in [2.24, 2.45) is 0 Å². The molecular formula is C9H10BrNO2. The Labute approximate surface area is 84.7 Å². The molecule has 0 aliphatic heterocycles. The molecule has 0 heterocycles. The third-order valence-corrected chi connectivity index (χ3v) is 2.93. The number of carboxylic acids is 1. The number of nitrogens with two attached hydrogens (primary N) is 1. The van der Waals surface area contributed by atoms with Gasteiger partial charge in [0.15, 0.2) is 0 Å². The average Bonchev–Trinajstić information content (AvgIpc) is 2.01. The molecule has 0 bridgehead atoms. The van der Waals surface area contributed by atoms with Crippen molar-refractivity contribution in [2.45, 2.75) is 13.8 Å². The van der Waals surface area contributed by atoms with E-state index in [0.29, 0.717) is 10.2 Å². The predicted octanol–water partition coefficient (Wildman–Crippen LogP) is 2.35. The van der Waals surface area contributed by atoms with E-state index < -0.39 is 5.97 Å². The van der Waals surface area contributed by atoms with Crippen molar-refractivity contribution in [3.05, 3.63) is 27.2 Å². The van der Waals surface area contributed by atoms with Crippen molar-refractivity contribution in [3.8, 4) is 0 Å². The van der Waals surface area contributed by atoms with Gasteiger partial charge in [-0.3, -0.25) is 0 Å². The van der Waals surface area contributed by atoms with Gasteiger partial charge in [-0.25, -0.2) is 4.79 Å². The Kier molecular flexibility index (Phi) is 2.61. The van der Waals surface area contributed by atoms with Gasteiger partial charge in [0.25, 0.3) is 0 Å². The van der Waals surface area contributed by atoms with E-state index in [0.717, 1.165) is 11.1 Å². The molecule has 0 spiro atoms. The van der Waals surface area contributed by atoms with Crippen LogP contribution in [0.5, 0.6) is 0 Å². The lowest BCUT2D eigenvalue weighted by Crippen LogP contribution is -2.06. The number of aromatic carboxylic acids is 1.